The molecule has 1 aromatic heterocycles. The molecule has 0 amide bonds. The van der Waals surface area contributed by atoms with Gasteiger partial charge in [0.25, 0.3) is 0 Å². The average molecular weight is 254 g/mol. The van der Waals surface area contributed by atoms with Crippen LogP contribution in [0.3, 0.4) is 0 Å². The maximum absolute atomic E-state index is 5.60. The minimum atomic E-state index is 0.332. The normalized spacial score (nSPS) is 16.2. The van der Waals surface area contributed by atoms with Crippen LogP contribution in [0.1, 0.15) is 11.4 Å². The molecule has 2 rings (SSSR count). The molecule has 6 heteroatoms. The molecule has 0 aromatic carbocycles. The van der Waals surface area contributed by atoms with Crippen LogP contribution < -0.4 is 10.6 Å². The highest BCUT2D eigenvalue weighted by Gasteiger charge is 2.15. The molecule has 0 bridgehead atoms. The van der Waals surface area contributed by atoms with Gasteiger partial charge in [-0.25, -0.2) is 9.97 Å². The second-order valence-corrected chi connectivity index (χ2v) is 5.32. The predicted molar refractivity (Wildman–Crippen MR) is 72.2 cm³/mol. The molecule has 0 saturated carbocycles. The zero-order valence-corrected chi connectivity index (χ0v) is 10.8. The van der Waals surface area contributed by atoms with E-state index in [-0.39, 0.29) is 0 Å². The minimum Gasteiger partial charge on any atom is -0.388 e. The second-order valence-electron chi connectivity index (χ2n) is 3.66. The highest BCUT2D eigenvalue weighted by atomic mass is 32.2. The van der Waals surface area contributed by atoms with Crippen molar-refractivity contribution in [2.45, 2.75) is 6.92 Å². The first-order chi connectivity index (χ1) is 7.66. The van der Waals surface area contributed by atoms with Crippen LogP contribution in [0.5, 0.6) is 0 Å². The Hall–Kier alpha value is -0.880. The van der Waals surface area contributed by atoms with Gasteiger partial charge in [-0.2, -0.15) is 11.8 Å². The number of aromatic nitrogens is 2. The van der Waals surface area contributed by atoms with Gasteiger partial charge in [0.2, 0.25) is 5.95 Å². The lowest BCUT2D eigenvalue weighted by molar-refractivity contribution is 0.809. The molecule has 86 valence electrons. The van der Waals surface area contributed by atoms with Gasteiger partial charge >= 0.3 is 0 Å². The van der Waals surface area contributed by atoms with Crippen LogP contribution >= 0.6 is 24.0 Å². The number of thioether (sulfide) groups is 1. The Labute approximate surface area is 105 Å². The molecule has 0 spiro atoms. The number of hydrogen-bond donors (Lipinski definition) is 1. The fourth-order valence-electron chi connectivity index (χ4n) is 1.58. The number of rotatable bonds is 2. The minimum absolute atomic E-state index is 0.332. The summed E-state index contributed by atoms with van der Waals surface area (Å²) in [7, 11) is 0. The number of thiocarbonyl (C=S) groups is 1. The van der Waals surface area contributed by atoms with E-state index < -0.39 is 0 Å². The van der Waals surface area contributed by atoms with Gasteiger partial charge in [0.1, 0.15) is 10.7 Å². The van der Waals surface area contributed by atoms with Crippen LogP contribution in [0.15, 0.2) is 6.07 Å². The van der Waals surface area contributed by atoms with Gasteiger partial charge in [0.05, 0.1) is 0 Å². The van der Waals surface area contributed by atoms with Crippen LogP contribution in [-0.2, 0) is 0 Å². The Bertz CT molecular complexity index is 402. The summed E-state index contributed by atoms with van der Waals surface area (Å²) in [6, 6.07) is 1.82. The summed E-state index contributed by atoms with van der Waals surface area (Å²) in [4.78, 5) is 11.3. The molecule has 0 radical (unpaired) electrons. The molecule has 16 heavy (non-hydrogen) atoms. The van der Waals surface area contributed by atoms with E-state index in [0.29, 0.717) is 10.7 Å². The van der Waals surface area contributed by atoms with E-state index in [2.05, 4.69) is 14.9 Å². The topological polar surface area (TPSA) is 55.0 Å². The molecular formula is C10H14N4S2. The van der Waals surface area contributed by atoms with Crippen LogP contribution in [0.2, 0.25) is 0 Å². The van der Waals surface area contributed by atoms with Gasteiger partial charge in [-0.3, -0.25) is 0 Å². The van der Waals surface area contributed by atoms with Crippen LogP contribution in [-0.4, -0.2) is 39.6 Å². The molecule has 0 atom stereocenters. The molecular weight excluding hydrogens is 240 g/mol. The van der Waals surface area contributed by atoms with E-state index in [1.807, 2.05) is 24.8 Å². The molecule has 2 N–H and O–H groups in total. The Kier molecular flexibility index (Phi) is 3.60. The monoisotopic (exact) mass is 254 g/mol. The Morgan fingerprint density at radius 2 is 2.12 bits per heavy atom. The van der Waals surface area contributed by atoms with Crippen molar-refractivity contribution in [1.29, 1.82) is 0 Å². The van der Waals surface area contributed by atoms with Crippen molar-refractivity contribution in [3.05, 3.63) is 17.5 Å². The van der Waals surface area contributed by atoms with E-state index in [1.54, 1.807) is 0 Å². The first-order valence-electron chi connectivity index (χ1n) is 5.15. The third-order valence-corrected chi connectivity index (χ3v) is 3.54. The Morgan fingerprint density at radius 3 is 2.75 bits per heavy atom. The third-order valence-electron chi connectivity index (χ3n) is 2.39. The largest absolute Gasteiger partial charge is 0.388 e. The number of hydrogen-bond acceptors (Lipinski definition) is 5. The summed E-state index contributed by atoms with van der Waals surface area (Å²) in [5.41, 5.74) is 7.17. The number of nitrogens with zero attached hydrogens (tertiary/aromatic N) is 3. The molecule has 2 heterocycles. The number of nitrogens with two attached hydrogens (primary N) is 1. The molecule has 0 unspecified atom stereocenters. The lowest BCUT2D eigenvalue weighted by atomic mass is 10.3. The van der Waals surface area contributed by atoms with Gasteiger partial charge in [-0.1, -0.05) is 12.2 Å². The van der Waals surface area contributed by atoms with Crippen LogP contribution in [0, 0.1) is 6.92 Å². The summed E-state index contributed by atoms with van der Waals surface area (Å²) in [6.45, 7) is 3.92. The summed E-state index contributed by atoms with van der Waals surface area (Å²) < 4.78 is 0. The predicted octanol–water partition coefficient (Wildman–Crippen LogP) is 0.972. The average Bonchev–Trinajstić information content (AvgIpc) is 2.29. The van der Waals surface area contributed by atoms with Crippen LogP contribution in [0.4, 0.5) is 5.95 Å². The second kappa shape index (κ2) is 4.97. The van der Waals surface area contributed by atoms with E-state index in [4.69, 9.17) is 18.0 Å². The summed E-state index contributed by atoms with van der Waals surface area (Å²) in [5, 5.41) is 0. The third kappa shape index (κ3) is 2.62. The van der Waals surface area contributed by atoms with Crippen molar-refractivity contribution >= 4 is 34.9 Å². The Morgan fingerprint density at radius 1 is 1.44 bits per heavy atom. The highest BCUT2D eigenvalue weighted by molar-refractivity contribution is 7.99. The van der Waals surface area contributed by atoms with Crippen LogP contribution in [0.25, 0.3) is 0 Å². The van der Waals surface area contributed by atoms with E-state index in [1.165, 1.54) is 0 Å². The molecule has 1 aromatic rings. The van der Waals surface area contributed by atoms with Gasteiger partial charge < -0.3 is 10.6 Å². The van der Waals surface area contributed by atoms with Crippen molar-refractivity contribution in [3.8, 4) is 0 Å². The summed E-state index contributed by atoms with van der Waals surface area (Å²) in [5.74, 6) is 3.00. The molecule has 0 aliphatic carbocycles. The lowest BCUT2D eigenvalue weighted by Crippen LogP contribution is -2.34. The number of aryl methyl sites for hydroxylation is 1. The summed E-state index contributed by atoms with van der Waals surface area (Å²) in [6.07, 6.45) is 0. The van der Waals surface area contributed by atoms with Crippen molar-refractivity contribution in [2.75, 3.05) is 29.5 Å². The Balaban J connectivity index is 2.28. The van der Waals surface area contributed by atoms with Crippen molar-refractivity contribution in [3.63, 3.8) is 0 Å². The quantitative estimate of drug-likeness (QED) is 0.794. The van der Waals surface area contributed by atoms with Gasteiger partial charge in [-0.05, 0) is 13.0 Å². The van der Waals surface area contributed by atoms with Crippen molar-refractivity contribution in [1.82, 2.24) is 9.97 Å². The maximum atomic E-state index is 5.60. The molecule has 1 aliphatic rings. The fraction of sp³-hybridized carbons (Fsp3) is 0.500. The highest BCUT2D eigenvalue weighted by Crippen LogP contribution is 2.16. The van der Waals surface area contributed by atoms with E-state index in [0.717, 1.165) is 36.2 Å². The molecule has 4 nitrogen and oxygen atoms in total. The first kappa shape index (κ1) is 11.6. The van der Waals surface area contributed by atoms with Gasteiger partial charge in [-0.15, -0.1) is 0 Å². The zero-order chi connectivity index (χ0) is 11.5. The van der Waals surface area contributed by atoms with Gasteiger partial charge in [0, 0.05) is 30.3 Å². The van der Waals surface area contributed by atoms with Gasteiger partial charge in [0.15, 0.2) is 0 Å². The first-order valence-corrected chi connectivity index (χ1v) is 6.71. The maximum Gasteiger partial charge on any atom is 0.226 e. The van der Waals surface area contributed by atoms with Crippen molar-refractivity contribution < 1.29 is 0 Å². The number of anilines is 1. The van der Waals surface area contributed by atoms with Crippen molar-refractivity contribution in [2.24, 2.45) is 5.73 Å². The molecule has 1 aliphatic heterocycles. The smallest absolute Gasteiger partial charge is 0.226 e. The standard InChI is InChI=1S/C10H14N4S2/c1-7-6-8(9(11)15)13-10(12-7)14-2-4-16-5-3-14/h6H,2-5H2,1H3,(H2,11,15). The van der Waals surface area contributed by atoms with E-state index in [9.17, 15) is 0 Å². The zero-order valence-electron chi connectivity index (χ0n) is 9.14. The molecule has 1 fully saturated rings. The van der Waals surface area contributed by atoms with E-state index >= 15 is 0 Å². The fourth-order valence-corrected chi connectivity index (χ4v) is 2.59. The molecule has 1 saturated heterocycles. The lowest BCUT2D eigenvalue weighted by Gasteiger charge is -2.26. The summed E-state index contributed by atoms with van der Waals surface area (Å²) >= 11 is 6.91. The SMILES string of the molecule is Cc1cc(C(N)=S)nc(N2CCSCC2)n1.